The van der Waals surface area contributed by atoms with E-state index in [1.165, 1.54) is 398 Å². The molecule has 1 amide bonds. The second-order valence-electron chi connectivity index (χ2n) is 28.5. The molecule has 0 spiro atoms. The van der Waals surface area contributed by atoms with E-state index in [4.69, 9.17) is 4.74 Å². The Hall–Kier alpha value is -1.66. The van der Waals surface area contributed by atoms with Crippen LogP contribution in [0.2, 0.25) is 0 Å². The van der Waals surface area contributed by atoms with Crippen LogP contribution in [0.5, 0.6) is 0 Å². The van der Waals surface area contributed by atoms with Crippen molar-refractivity contribution >= 4 is 11.9 Å². The number of ether oxygens (including phenoxy) is 1. The van der Waals surface area contributed by atoms with Gasteiger partial charge in [-0.15, -0.1) is 0 Å². The number of carbonyl (C=O) groups is 2. The average molecular weight is 1250 g/mol. The highest BCUT2D eigenvalue weighted by atomic mass is 16.5. The van der Waals surface area contributed by atoms with Gasteiger partial charge >= 0.3 is 5.97 Å². The number of nitrogens with one attached hydrogen (secondary N) is 1. The van der Waals surface area contributed by atoms with Crippen LogP contribution in [0, 0.1) is 0 Å². The zero-order chi connectivity index (χ0) is 64.2. The number of esters is 1. The monoisotopic (exact) mass is 1250 g/mol. The molecular weight excluding hydrogens is 1090 g/mol. The van der Waals surface area contributed by atoms with Gasteiger partial charge in [0.05, 0.1) is 25.4 Å². The first-order valence-corrected chi connectivity index (χ1v) is 41.1. The van der Waals surface area contributed by atoms with Crippen molar-refractivity contribution in [3.05, 3.63) is 24.3 Å². The van der Waals surface area contributed by atoms with Crippen molar-refractivity contribution in [2.24, 2.45) is 0 Å². The van der Waals surface area contributed by atoms with E-state index in [0.717, 1.165) is 38.5 Å². The highest BCUT2D eigenvalue weighted by Gasteiger charge is 2.20. The Morgan fingerprint density at radius 3 is 0.798 bits per heavy atom. The third-order valence-electron chi connectivity index (χ3n) is 19.5. The third-order valence-corrected chi connectivity index (χ3v) is 19.5. The van der Waals surface area contributed by atoms with Crippen molar-refractivity contribution in [3.8, 4) is 0 Å². The van der Waals surface area contributed by atoms with E-state index in [1.54, 1.807) is 0 Å². The van der Waals surface area contributed by atoms with Gasteiger partial charge in [-0.1, -0.05) is 404 Å². The van der Waals surface area contributed by atoms with Gasteiger partial charge in [-0.2, -0.15) is 0 Å². The molecule has 0 aromatic carbocycles. The summed E-state index contributed by atoms with van der Waals surface area (Å²) in [5.41, 5.74) is 0. The number of amides is 1. The maximum Gasteiger partial charge on any atom is 0.305 e. The van der Waals surface area contributed by atoms with Crippen LogP contribution in [0.25, 0.3) is 0 Å². The summed E-state index contributed by atoms with van der Waals surface area (Å²) in [6, 6.07) is -0.537. The van der Waals surface area contributed by atoms with E-state index in [0.29, 0.717) is 25.9 Å². The van der Waals surface area contributed by atoms with Crippen molar-refractivity contribution in [3.63, 3.8) is 0 Å². The van der Waals surface area contributed by atoms with Crippen molar-refractivity contribution in [2.75, 3.05) is 13.2 Å². The van der Waals surface area contributed by atoms with Crippen LogP contribution < -0.4 is 5.32 Å². The first-order chi connectivity index (χ1) is 44.0. The molecule has 528 valence electrons. The molecule has 0 bridgehead atoms. The fraction of sp³-hybridized carbons (Fsp3) is 0.928. The van der Waals surface area contributed by atoms with Crippen molar-refractivity contribution < 1.29 is 24.5 Å². The molecule has 2 atom stereocenters. The Labute approximate surface area is 558 Å². The second kappa shape index (κ2) is 78.8. The summed E-state index contributed by atoms with van der Waals surface area (Å²) in [7, 11) is 0. The zero-order valence-electron chi connectivity index (χ0n) is 60.7. The lowest BCUT2D eigenvalue weighted by atomic mass is 10.0. The van der Waals surface area contributed by atoms with Crippen LogP contribution in [0.4, 0.5) is 0 Å². The topological polar surface area (TPSA) is 95.9 Å². The molecule has 0 rings (SSSR count). The second-order valence-corrected chi connectivity index (χ2v) is 28.5. The van der Waals surface area contributed by atoms with Crippen molar-refractivity contribution in [1.29, 1.82) is 0 Å². The standard InChI is InChI=1S/C83H161NO5/c1-3-5-7-9-11-13-15-17-19-20-42-46-49-53-57-61-65-69-73-77-83(88)89-78-74-70-66-62-58-54-50-47-44-41-39-37-35-33-31-29-27-25-23-21-22-24-26-28-30-32-34-36-38-40-43-45-48-52-56-60-64-68-72-76-82(87)84-80(79-85)81(86)75-71-67-63-59-55-51-18-16-14-12-10-8-6-4-2/h17,19,21-22,80-81,85-86H,3-16,18,20,23-79H2,1-2H3,(H,84,87)/b19-17-,22-21-. The maximum atomic E-state index is 12.5. The van der Waals surface area contributed by atoms with Gasteiger partial charge in [-0.05, 0) is 77.0 Å². The number of carbonyl (C=O) groups excluding carboxylic acids is 2. The van der Waals surface area contributed by atoms with E-state index in [9.17, 15) is 19.8 Å². The summed E-state index contributed by atoms with van der Waals surface area (Å²) in [4.78, 5) is 24.6. The largest absolute Gasteiger partial charge is 0.466 e. The number of hydrogen-bond donors (Lipinski definition) is 3. The van der Waals surface area contributed by atoms with Gasteiger partial charge in [0.1, 0.15) is 0 Å². The molecule has 89 heavy (non-hydrogen) atoms. The van der Waals surface area contributed by atoms with E-state index in [-0.39, 0.29) is 18.5 Å². The van der Waals surface area contributed by atoms with Crippen LogP contribution in [0.15, 0.2) is 24.3 Å². The van der Waals surface area contributed by atoms with Gasteiger partial charge in [-0.25, -0.2) is 0 Å². The van der Waals surface area contributed by atoms with Crippen molar-refractivity contribution in [2.45, 2.75) is 482 Å². The molecule has 0 aromatic rings. The van der Waals surface area contributed by atoms with E-state index < -0.39 is 12.1 Å². The molecule has 0 aromatic heterocycles. The third kappa shape index (κ3) is 75.3. The molecular formula is C83H161NO5. The van der Waals surface area contributed by atoms with Crippen LogP contribution in [-0.2, 0) is 14.3 Å². The molecule has 6 nitrogen and oxygen atoms in total. The fourth-order valence-corrected chi connectivity index (χ4v) is 13.2. The Morgan fingerprint density at radius 2 is 0.528 bits per heavy atom. The Morgan fingerprint density at radius 1 is 0.303 bits per heavy atom. The van der Waals surface area contributed by atoms with E-state index in [1.807, 2.05) is 0 Å². The molecule has 0 heterocycles. The molecule has 0 aliphatic heterocycles. The molecule has 0 fully saturated rings. The molecule has 0 aliphatic rings. The lowest BCUT2D eigenvalue weighted by molar-refractivity contribution is -0.143. The summed E-state index contributed by atoms with van der Waals surface area (Å²) >= 11 is 0. The minimum atomic E-state index is -0.660. The predicted octanol–water partition coefficient (Wildman–Crippen LogP) is 27.2. The quantitative estimate of drug-likeness (QED) is 0.0320. The first-order valence-electron chi connectivity index (χ1n) is 41.1. The summed E-state index contributed by atoms with van der Waals surface area (Å²) in [5, 5.41) is 23.3. The predicted molar refractivity (Wildman–Crippen MR) is 393 cm³/mol. The first kappa shape index (κ1) is 87.3. The Bertz CT molecular complexity index is 1400. The van der Waals surface area contributed by atoms with E-state index in [2.05, 4.69) is 43.5 Å². The minimum absolute atomic E-state index is 0.0231. The normalized spacial score (nSPS) is 12.5. The van der Waals surface area contributed by atoms with Crippen molar-refractivity contribution in [1.82, 2.24) is 5.32 Å². The summed E-state index contributed by atoms with van der Waals surface area (Å²) < 4.78 is 5.52. The number of aliphatic hydroxyl groups excluding tert-OH is 2. The van der Waals surface area contributed by atoms with Gasteiger partial charge in [0.15, 0.2) is 0 Å². The van der Waals surface area contributed by atoms with Crippen LogP contribution in [-0.4, -0.2) is 47.4 Å². The van der Waals surface area contributed by atoms with Gasteiger partial charge in [0, 0.05) is 12.8 Å². The summed E-state index contributed by atoms with van der Waals surface area (Å²) in [5.74, 6) is -0.00427. The molecule has 3 N–H and O–H groups in total. The number of aliphatic hydroxyl groups is 2. The van der Waals surface area contributed by atoms with Gasteiger partial charge in [-0.3, -0.25) is 9.59 Å². The average Bonchev–Trinajstić information content (AvgIpc) is 3.68. The highest BCUT2D eigenvalue weighted by Crippen LogP contribution is 2.20. The van der Waals surface area contributed by atoms with Gasteiger partial charge < -0.3 is 20.3 Å². The molecule has 6 heteroatoms. The number of unbranched alkanes of at least 4 members (excludes halogenated alkanes) is 63. The summed E-state index contributed by atoms with van der Waals surface area (Å²) in [6.07, 6.45) is 102. The van der Waals surface area contributed by atoms with Gasteiger partial charge in [0.25, 0.3) is 0 Å². The molecule has 0 radical (unpaired) electrons. The molecule has 2 unspecified atom stereocenters. The Balaban J connectivity index is 3.30. The van der Waals surface area contributed by atoms with E-state index >= 15 is 0 Å². The van der Waals surface area contributed by atoms with Gasteiger partial charge in [0.2, 0.25) is 5.91 Å². The minimum Gasteiger partial charge on any atom is -0.466 e. The van der Waals surface area contributed by atoms with Crippen LogP contribution in [0.1, 0.15) is 470 Å². The maximum absolute atomic E-state index is 12.5. The number of hydrogen-bond acceptors (Lipinski definition) is 5. The smallest absolute Gasteiger partial charge is 0.305 e. The fourth-order valence-electron chi connectivity index (χ4n) is 13.2. The van der Waals surface area contributed by atoms with Crippen LogP contribution in [0.3, 0.4) is 0 Å². The Kier molecular flexibility index (Phi) is 77.3. The zero-order valence-corrected chi connectivity index (χ0v) is 60.7. The lowest BCUT2D eigenvalue weighted by Crippen LogP contribution is -2.45. The summed E-state index contributed by atoms with van der Waals surface area (Å²) in [6.45, 7) is 5.00. The molecule has 0 aliphatic carbocycles. The highest BCUT2D eigenvalue weighted by molar-refractivity contribution is 5.76. The lowest BCUT2D eigenvalue weighted by Gasteiger charge is -2.22. The number of rotatable bonds is 78. The molecule has 0 saturated heterocycles. The molecule has 0 saturated carbocycles. The van der Waals surface area contributed by atoms with Crippen LogP contribution >= 0.6 is 0 Å². The number of allylic oxidation sites excluding steroid dienone is 4. The SMILES string of the molecule is CCCCCCCC/C=C\CCCCCCCCCCCC(=O)OCCCCCCCCCCCCCCCCCCCC/C=C\CCCCCCCCCCCCCCCCCCCC(=O)NC(CO)C(O)CCCCCCCCCCCCCCCC.